The molecule has 0 N–H and O–H groups in total. The fourth-order valence-electron chi connectivity index (χ4n) is 2.15. The second-order valence-corrected chi connectivity index (χ2v) is 7.21. The first-order valence-corrected chi connectivity index (χ1v) is 8.47. The summed E-state index contributed by atoms with van der Waals surface area (Å²) in [6.45, 7) is 10.7. The third-order valence-electron chi connectivity index (χ3n) is 3.29. The van der Waals surface area contributed by atoms with E-state index >= 15 is 0 Å². The minimum absolute atomic E-state index is 0.216. The Morgan fingerprint density at radius 2 is 1.54 bits per heavy atom. The molecule has 0 fully saturated rings. The van der Waals surface area contributed by atoms with Gasteiger partial charge in [0.2, 0.25) is 0 Å². The normalized spacial score (nSPS) is 11.3. The fraction of sp³-hybridized carbons (Fsp3) is 0.429. The zero-order valence-corrected chi connectivity index (χ0v) is 15.2. The highest BCUT2D eigenvalue weighted by atomic mass is 16.5. The van der Waals surface area contributed by atoms with E-state index in [1.165, 1.54) is 5.56 Å². The highest BCUT2D eigenvalue weighted by Gasteiger charge is 2.09. The maximum atomic E-state index is 5.83. The van der Waals surface area contributed by atoms with Gasteiger partial charge >= 0.3 is 0 Å². The van der Waals surface area contributed by atoms with Crippen LogP contribution in [0.3, 0.4) is 0 Å². The van der Waals surface area contributed by atoms with Crippen LogP contribution in [0, 0.1) is 12.3 Å². The predicted octanol–water partition coefficient (Wildman–Crippen LogP) is 5.62. The van der Waals surface area contributed by atoms with Gasteiger partial charge in [0, 0.05) is 13.0 Å². The highest BCUT2D eigenvalue weighted by molar-refractivity contribution is 5.36. The number of aryl methyl sites for hydroxylation is 1. The lowest BCUT2D eigenvalue weighted by Gasteiger charge is -2.17. The molecule has 0 aliphatic heterocycles. The Labute approximate surface area is 145 Å². The van der Waals surface area contributed by atoms with Crippen molar-refractivity contribution in [2.75, 3.05) is 19.8 Å². The summed E-state index contributed by atoms with van der Waals surface area (Å²) in [7, 11) is 0. The minimum atomic E-state index is 0.216. The van der Waals surface area contributed by atoms with Gasteiger partial charge in [0.25, 0.3) is 0 Å². The molecule has 0 aliphatic carbocycles. The molecule has 0 saturated carbocycles. The Kier molecular flexibility index (Phi) is 6.68. The second kappa shape index (κ2) is 8.74. The highest BCUT2D eigenvalue weighted by Crippen LogP contribution is 2.24. The molecule has 2 aromatic carbocycles. The molecule has 0 heterocycles. The summed E-state index contributed by atoms with van der Waals surface area (Å²) in [4.78, 5) is 0. The Balaban J connectivity index is 1.70. The van der Waals surface area contributed by atoms with E-state index in [9.17, 15) is 0 Å². The lowest BCUT2D eigenvalue weighted by molar-refractivity contribution is 0.0634. The van der Waals surface area contributed by atoms with Crippen LogP contribution >= 0.6 is 0 Å². The van der Waals surface area contributed by atoms with Gasteiger partial charge in [0.15, 0.2) is 0 Å². The molecule has 2 rings (SSSR count). The quantitative estimate of drug-likeness (QED) is 0.589. The van der Waals surface area contributed by atoms with Gasteiger partial charge in [-0.1, -0.05) is 32.9 Å². The van der Waals surface area contributed by atoms with Crippen molar-refractivity contribution in [2.24, 2.45) is 5.41 Å². The molecule has 0 aromatic heterocycles. The van der Waals surface area contributed by atoms with Crippen LogP contribution in [0.5, 0.6) is 17.2 Å². The van der Waals surface area contributed by atoms with Crippen LogP contribution in [0.4, 0.5) is 0 Å². The van der Waals surface area contributed by atoms with Gasteiger partial charge in [0.05, 0.1) is 13.2 Å². The van der Waals surface area contributed by atoms with Crippen LogP contribution in [0.25, 0.3) is 0 Å². The van der Waals surface area contributed by atoms with Crippen molar-refractivity contribution in [1.29, 1.82) is 0 Å². The number of ether oxygens (including phenoxy) is 3. The molecule has 3 nitrogen and oxygen atoms in total. The molecule has 0 atom stereocenters. The van der Waals surface area contributed by atoms with Crippen molar-refractivity contribution in [3.63, 3.8) is 0 Å². The summed E-state index contributed by atoms with van der Waals surface area (Å²) in [6, 6.07) is 15.7. The standard InChI is InChI=1S/C21H28O3/c1-17-7-5-8-20(15-17)24-19-11-9-18(10-12-19)23-14-6-13-22-16-21(2,3)4/h5,7-12,15H,6,13-14,16H2,1-4H3. The SMILES string of the molecule is Cc1cccc(Oc2ccc(OCCCOCC(C)(C)C)cc2)c1. The van der Waals surface area contributed by atoms with E-state index in [1.807, 2.05) is 42.5 Å². The summed E-state index contributed by atoms with van der Waals surface area (Å²) in [6.07, 6.45) is 0.887. The molecule has 0 radical (unpaired) electrons. The second-order valence-electron chi connectivity index (χ2n) is 7.21. The first-order chi connectivity index (χ1) is 11.4. The summed E-state index contributed by atoms with van der Waals surface area (Å²) in [5.41, 5.74) is 1.40. The summed E-state index contributed by atoms with van der Waals surface area (Å²) >= 11 is 0. The van der Waals surface area contributed by atoms with E-state index in [1.54, 1.807) is 0 Å². The number of benzene rings is 2. The molecular formula is C21H28O3. The Hall–Kier alpha value is -2.00. The molecule has 0 bridgehead atoms. The Morgan fingerprint density at radius 3 is 2.21 bits per heavy atom. The lowest BCUT2D eigenvalue weighted by atomic mass is 9.99. The van der Waals surface area contributed by atoms with Crippen LogP contribution in [0.2, 0.25) is 0 Å². The average Bonchev–Trinajstić information content (AvgIpc) is 2.51. The Bertz CT molecular complexity index is 612. The van der Waals surface area contributed by atoms with Gasteiger partial charge in [-0.05, 0) is 54.3 Å². The van der Waals surface area contributed by atoms with Crippen molar-refractivity contribution >= 4 is 0 Å². The predicted molar refractivity (Wildman–Crippen MR) is 98.1 cm³/mol. The third kappa shape index (κ3) is 7.05. The van der Waals surface area contributed by atoms with Crippen LogP contribution in [0.1, 0.15) is 32.8 Å². The van der Waals surface area contributed by atoms with Crippen LogP contribution < -0.4 is 9.47 Å². The van der Waals surface area contributed by atoms with E-state index in [0.29, 0.717) is 6.61 Å². The summed E-state index contributed by atoms with van der Waals surface area (Å²) in [5, 5.41) is 0. The van der Waals surface area contributed by atoms with Gasteiger partial charge in [-0.3, -0.25) is 0 Å². The molecule has 130 valence electrons. The van der Waals surface area contributed by atoms with Crippen molar-refractivity contribution in [2.45, 2.75) is 34.1 Å². The van der Waals surface area contributed by atoms with Crippen molar-refractivity contribution in [3.8, 4) is 17.2 Å². The van der Waals surface area contributed by atoms with E-state index in [0.717, 1.165) is 36.9 Å². The maximum Gasteiger partial charge on any atom is 0.127 e. The molecular weight excluding hydrogens is 300 g/mol. The van der Waals surface area contributed by atoms with Crippen molar-refractivity contribution in [3.05, 3.63) is 54.1 Å². The van der Waals surface area contributed by atoms with Crippen LogP contribution in [-0.2, 0) is 4.74 Å². The zero-order valence-electron chi connectivity index (χ0n) is 15.2. The van der Waals surface area contributed by atoms with Crippen molar-refractivity contribution < 1.29 is 14.2 Å². The van der Waals surface area contributed by atoms with Gasteiger partial charge in [-0.15, -0.1) is 0 Å². The maximum absolute atomic E-state index is 5.83. The van der Waals surface area contributed by atoms with Crippen molar-refractivity contribution in [1.82, 2.24) is 0 Å². The third-order valence-corrected chi connectivity index (χ3v) is 3.29. The van der Waals surface area contributed by atoms with E-state index in [-0.39, 0.29) is 5.41 Å². The summed E-state index contributed by atoms with van der Waals surface area (Å²) in [5.74, 6) is 2.50. The van der Waals surface area contributed by atoms with Gasteiger partial charge in [-0.2, -0.15) is 0 Å². The smallest absolute Gasteiger partial charge is 0.127 e. The van der Waals surface area contributed by atoms with E-state index in [4.69, 9.17) is 14.2 Å². The molecule has 2 aromatic rings. The molecule has 0 amide bonds. The van der Waals surface area contributed by atoms with E-state index in [2.05, 4.69) is 33.8 Å². The summed E-state index contributed by atoms with van der Waals surface area (Å²) < 4.78 is 17.2. The molecule has 0 aliphatic rings. The molecule has 0 spiro atoms. The topological polar surface area (TPSA) is 27.7 Å². The van der Waals surface area contributed by atoms with Crippen LogP contribution in [0.15, 0.2) is 48.5 Å². The molecule has 0 saturated heterocycles. The number of hydrogen-bond donors (Lipinski definition) is 0. The first kappa shape index (κ1) is 18.3. The number of hydrogen-bond acceptors (Lipinski definition) is 3. The molecule has 24 heavy (non-hydrogen) atoms. The van der Waals surface area contributed by atoms with Gasteiger partial charge in [-0.25, -0.2) is 0 Å². The Morgan fingerprint density at radius 1 is 0.833 bits per heavy atom. The minimum Gasteiger partial charge on any atom is -0.494 e. The monoisotopic (exact) mass is 328 g/mol. The fourth-order valence-corrected chi connectivity index (χ4v) is 2.15. The van der Waals surface area contributed by atoms with Crippen LogP contribution in [-0.4, -0.2) is 19.8 Å². The lowest BCUT2D eigenvalue weighted by Crippen LogP contribution is -2.15. The average molecular weight is 328 g/mol. The van der Waals surface area contributed by atoms with Gasteiger partial charge in [0.1, 0.15) is 17.2 Å². The number of rotatable bonds is 8. The zero-order chi connectivity index (χ0) is 17.4. The van der Waals surface area contributed by atoms with E-state index < -0.39 is 0 Å². The molecule has 3 heteroatoms. The van der Waals surface area contributed by atoms with Gasteiger partial charge < -0.3 is 14.2 Å². The largest absolute Gasteiger partial charge is 0.494 e. The first-order valence-electron chi connectivity index (χ1n) is 8.47. The molecule has 0 unspecified atom stereocenters.